The van der Waals surface area contributed by atoms with Crippen LogP contribution in [0.3, 0.4) is 0 Å². The highest BCUT2D eigenvalue weighted by Gasteiger charge is 2.27. The van der Waals surface area contributed by atoms with Crippen molar-refractivity contribution in [3.05, 3.63) is 41.3 Å². The van der Waals surface area contributed by atoms with Gasteiger partial charge in [0.05, 0.1) is 11.4 Å². The molecule has 23 heavy (non-hydrogen) atoms. The second-order valence-electron chi connectivity index (χ2n) is 5.62. The number of aryl methyl sites for hydroxylation is 2. The van der Waals surface area contributed by atoms with Crippen LogP contribution in [0.25, 0.3) is 0 Å². The van der Waals surface area contributed by atoms with Crippen LogP contribution in [0.2, 0.25) is 0 Å². The molecule has 0 unspecified atom stereocenters. The predicted octanol–water partition coefficient (Wildman–Crippen LogP) is 2.80. The Bertz CT molecular complexity index is 742. The summed E-state index contributed by atoms with van der Waals surface area (Å²) in [6, 6.07) is 1.95. The molecule has 1 atom stereocenters. The van der Waals surface area contributed by atoms with E-state index in [1.807, 2.05) is 30.2 Å². The fourth-order valence-electron chi connectivity index (χ4n) is 2.72. The Morgan fingerprint density at radius 1 is 1.43 bits per heavy atom. The first kappa shape index (κ1) is 15.6. The molecule has 0 saturated carbocycles. The molecule has 7 heteroatoms. The van der Waals surface area contributed by atoms with Gasteiger partial charge < -0.3 is 10.2 Å². The van der Waals surface area contributed by atoms with Gasteiger partial charge in [-0.25, -0.2) is 15.0 Å². The zero-order valence-corrected chi connectivity index (χ0v) is 14.1. The number of rotatable bonds is 4. The molecule has 2 aromatic heterocycles. The highest BCUT2D eigenvalue weighted by atomic mass is 32.1. The third-order valence-electron chi connectivity index (χ3n) is 3.80. The molecule has 1 saturated heterocycles. The van der Waals surface area contributed by atoms with Crippen molar-refractivity contribution in [2.24, 2.45) is 0 Å². The number of hydrogen-bond acceptors (Lipinski definition) is 6. The van der Waals surface area contributed by atoms with Gasteiger partial charge in [0, 0.05) is 30.5 Å². The number of carbonyl (C=O) groups excluding carboxylic acids is 1. The Labute approximate surface area is 139 Å². The van der Waals surface area contributed by atoms with Crippen molar-refractivity contribution in [3.8, 4) is 0 Å². The molecule has 0 spiro atoms. The molecule has 1 aliphatic rings. The number of anilines is 2. The Morgan fingerprint density at radius 3 is 2.96 bits per heavy atom. The predicted molar refractivity (Wildman–Crippen MR) is 91.0 cm³/mol. The summed E-state index contributed by atoms with van der Waals surface area (Å²) in [7, 11) is 0. The molecular weight excluding hydrogens is 310 g/mol. The first-order valence-electron chi connectivity index (χ1n) is 7.51. The zero-order chi connectivity index (χ0) is 16.4. The van der Waals surface area contributed by atoms with E-state index in [2.05, 4.69) is 26.8 Å². The van der Waals surface area contributed by atoms with Crippen LogP contribution in [0.1, 0.15) is 29.6 Å². The molecule has 1 amide bonds. The number of hydrogen-bond donors (Lipinski definition) is 1. The number of amides is 1. The van der Waals surface area contributed by atoms with Crippen LogP contribution in [0, 0.1) is 13.8 Å². The Kier molecular flexibility index (Phi) is 4.38. The largest absolute Gasteiger partial charge is 0.338 e. The van der Waals surface area contributed by atoms with Crippen molar-refractivity contribution in [1.29, 1.82) is 0 Å². The van der Waals surface area contributed by atoms with Gasteiger partial charge in [-0.15, -0.1) is 11.3 Å². The van der Waals surface area contributed by atoms with Crippen molar-refractivity contribution >= 4 is 28.2 Å². The summed E-state index contributed by atoms with van der Waals surface area (Å²) in [6.45, 7) is 8.81. The molecule has 0 aliphatic carbocycles. The molecule has 0 bridgehead atoms. The topological polar surface area (TPSA) is 71.0 Å². The van der Waals surface area contributed by atoms with Crippen LogP contribution in [0.15, 0.2) is 24.1 Å². The third-order valence-corrected chi connectivity index (χ3v) is 4.68. The summed E-state index contributed by atoms with van der Waals surface area (Å²) in [5.41, 5.74) is 1.95. The van der Waals surface area contributed by atoms with E-state index in [0.717, 1.165) is 35.3 Å². The number of likely N-dealkylation sites (tertiary alicyclic amines) is 1. The third kappa shape index (κ3) is 3.56. The van der Waals surface area contributed by atoms with E-state index >= 15 is 0 Å². The first-order chi connectivity index (χ1) is 11.0. The molecule has 0 aromatic carbocycles. The molecule has 1 fully saturated rings. The Hall–Kier alpha value is -2.28. The Morgan fingerprint density at radius 2 is 2.26 bits per heavy atom. The number of thiazole rings is 1. The first-order valence-corrected chi connectivity index (χ1v) is 8.39. The van der Waals surface area contributed by atoms with E-state index in [-0.39, 0.29) is 11.8 Å². The van der Waals surface area contributed by atoms with Crippen LogP contribution in [-0.2, 0) is 4.79 Å². The number of carbonyl (C=O) groups is 1. The molecule has 6 nitrogen and oxygen atoms in total. The van der Waals surface area contributed by atoms with Crippen molar-refractivity contribution in [2.45, 2.75) is 26.2 Å². The van der Waals surface area contributed by atoms with Gasteiger partial charge in [0.15, 0.2) is 5.13 Å². The van der Waals surface area contributed by atoms with Crippen LogP contribution in [-0.4, -0.2) is 38.8 Å². The van der Waals surface area contributed by atoms with Crippen molar-refractivity contribution < 1.29 is 4.79 Å². The van der Waals surface area contributed by atoms with Gasteiger partial charge in [0.25, 0.3) is 0 Å². The number of aromatic nitrogens is 3. The lowest BCUT2D eigenvalue weighted by molar-refractivity contribution is -0.125. The van der Waals surface area contributed by atoms with E-state index in [9.17, 15) is 4.79 Å². The van der Waals surface area contributed by atoms with Crippen LogP contribution < -0.4 is 5.32 Å². The molecule has 1 N–H and O–H groups in total. The average Bonchev–Trinajstić information content (AvgIpc) is 3.15. The minimum Gasteiger partial charge on any atom is -0.338 e. The van der Waals surface area contributed by atoms with Gasteiger partial charge in [-0.1, -0.05) is 6.58 Å². The lowest BCUT2D eigenvalue weighted by Gasteiger charge is -2.14. The van der Waals surface area contributed by atoms with Crippen molar-refractivity contribution in [3.63, 3.8) is 0 Å². The Balaban J connectivity index is 1.78. The molecule has 1 aliphatic heterocycles. The second-order valence-corrected chi connectivity index (χ2v) is 6.48. The lowest BCUT2D eigenvalue weighted by Crippen LogP contribution is -2.26. The van der Waals surface area contributed by atoms with E-state index < -0.39 is 0 Å². The summed E-state index contributed by atoms with van der Waals surface area (Å²) in [4.78, 5) is 26.9. The molecule has 120 valence electrons. The summed E-state index contributed by atoms with van der Waals surface area (Å²) >= 11 is 1.55. The minimum absolute atomic E-state index is 0.0186. The minimum atomic E-state index is -0.0186. The average molecular weight is 329 g/mol. The quantitative estimate of drug-likeness (QED) is 0.873. The number of nitrogens with zero attached hydrogens (tertiary/aromatic N) is 4. The van der Waals surface area contributed by atoms with E-state index in [1.165, 1.54) is 6.08 Å². The maximum atomic E-state index is 11.7. The van der Waals surface area contributed by atoms with E-state index in [1.54, 1.807) is 11.3 Å². The van der Waals surface area contributed by atoms with Crippen LogP contribution in [0.4, 0.5) is 10.9 Å². The van der Waals surface area contributed by atoms with Gasteiger partial charge in [0.1, 0.15) is 11.6 Å². The zero-order valence-electron chi connectivity index (χ0n) is 13.2. The summed E-state index contributed by atoms with van der Waals surface area (Å²) in [5.74, 6) is 1.68. The molecule has 3 heterocycles. The fraction of sp³-hybridized carbons (Fsp3) is 0.375. The fourth-order valence-corrected chi connectivity index (χ4v) is 3.41. The summed E-state index contributed by atoms with van der Waals surface area (Å²) < 4.78 is 0. The summed E-state index contributed by atoms with van der Waals surface area (Å²) in [5, 5.41) is 6.05. The highest BCUT2D eigenvalue weighted by Crippen LogP contribution is 2.28. The maximum Gasteiger partial charge on any atom is 0.245 e. The van der Waals surface area contributed by atoms with Gasteiger partial charge in [-0.3, -0.25) is 4.79 Å². The highest BCUT2D eigenvalue weighted by molar-refractivity contribution is 7.13. The van der Waals surface area contributed by atoms with Gasteiger partial charge in [-0.2, -0.15) is 0 Å². The van der Waals surface area contributed by atoms with E-state index in [0.29, 0.717) is 12.4 Å². The molecule has 2 aromatic rings. The standard InChI is InChI=1S/C16H19N5OS/c1-4-15(22)21-6-5-12(8-21)13-7-14(19-11(3)18-13)20-16-17-10(2)9-23-16/h4,7,9,12H,1,5-6,8H2,2-3H3,(H,17,18,19,20)/t12-/m0/s1. The van der Waals surface area contributed by atoms with Gasteiger partial charge in [0.2, 0.25) is 5.91 Å². The van der Waals surface area contributed by atoms with Crippen LogP contribution in [0.5, 0.6) is 0 Å². The van der Waals surface area contributed by atoms with E-state index in [4.69, 9.17) is 0 Å². The maximum absolute atomic E-state index is 11.7. The SMILES string of the molecule is C=CC(=O)N1CC[C@H](c2cc(Nc3nc(C)cs3)nc(C)n2)C1. The molecule has 0 radical (unpaired) electrons. The smallest absolute Gasteiger partial charge is 0.245 e. The monoisotopic (exact) mass is 329 g/mol. The molecule has 3 rings (SSSR count). The second kappa shape index (κ2) is 6.45. The number of nitrogens with one attached hydrogen (secondary N) is 1. The van der Waals surface area contributed by atoms with Crippen molar-refractivity contribution in [2.75, 3.05) is 18.4 Å². The van der Waals surface area contributed by atoms with Gasteiger partial charge >= 0.3 is 0 Å². The molecular formula is C16H19N5OS. The lowest BCUT2D eigenvalue weighted by atomic mass is 10.0. The van der Waals surface area contributed by atoms with Crippen molar-refractivity contribution in [1.82, 2.24) is 19.9 Å². The summed E-state index contributed by atoms with van der Waals surface area (Å²) in [6.07, 6.45) is 2.28. The van der Waals surface area contributed by atoms with Gasteiger partial charge in [-0.05, 0) is 26.3 Å². The van der Waals surface area contributed by atoms with Crippen LogP contribution >= 0.6 is 11.3 Å². The normalized spacial score (nSPS) is 17.3.